The van der Waals surface area contributed by atoms with Crippen LogP contribution in [0.4, 0.5) is 0 Å². The Labute approximate surface area is 108 Å². The molecule has 0 aromatic carbocycles. The lowest BCUT2D eigenvalue weighted by atomic mass is 10.4. The summed E-state index contributed by atoms with van der Waals surface area (Å²) >= 11 is 0. The second kappa shape index (κ2) is 5.66. The van der Waals surface area contributed by atoms with Crippen molar-refractivity contribution in [3.8, 4) is 0 Å². The minimum atomic E-state index is -0.904. The molecule has 1 aliphatic rings. The maximum atomic E-state index is 11.7. The van der Waals surface area contributed by atoms with Crippen LogP contribution < -0.4 is 11.2 Å². The molecule has 2 rings (SSSR count). The van der Waals surface area contributed by atoms with Crippen molar-refractivity contribution in [2.45, 2.75) is 32.8 Å². The van der Waals surface area contributed by atoms with E-state index in [9.17, 15) is 9.59 Å². The van der Waals surface area contributed by atoms with Crippen LogP contribution in [0.5, 0.6) is 0 Å². The normalized spacial score (nSPS) is 24.6. The first-order valence-electron chi connectivity index (χ1n) is 5.78. The smallest absolute Gasteiger partial charge is 0.330 e. The monoisotopic (exact) mass is 272 g/mol. The van der Waals surface area contributed by atoms with Gasteiger partial charge in [-0.05, 0) is 13.8 Å². The number of hydrogen-bond donors (Lipinski definition) is 1. The van der Waals surface area contributed by atoms with E-state index in [0.717, 1.165) is 0 Å². The minimum absolute atomic E-state index is 0.145. The van der Waals surface area contributed by atoms with E-state index in [1.54, 1.807) is 13.8 Å². The summed E-state index contributed by atoms with van der Waals surface area (Å²) in [7, 11) is 1.49. The molecule has 1 aromatic heterocycles. The molecule has 1 saturated heterocycles. The lowest BCUT2D eigenvalue weighted by Gasteiger charge is -2.16. The number of methoxy groups -OCH3 is 1. The van der Waals surface area contributed by atoms with Crippen LogP contribution in [0.25, 0.3) is 0 Å². The van der Waals surface area contributed by atoms with Crippen LogP contribution in [0.1, 0.15) is 18.7 Å². The van der Waals surface area contributed by atoms with Gasteiger partial charge in [0, 0.05) is 18.9 Å². The van der Waals surface area contributed by atoms with Crippen molar-refractivity contribution in [2.24, 2.45) is 0 Å². The zero-order chi connectivity index (χ0) is 14.0. The Kier molecular flexibility index (Phi) is 4.15. The molecule has 19 heavy (non-hydrogen) atoms. The van der Waals surface area contributed by atoms with Gasteiger partial charge in [-0.25, -0.2) is 4.79 Å². The maximum absolute atomic E-state index is 11.7. The fourth-order valence-corrected chi connectivity index (χ4v) is 1.60. The highest BCUT2D eigenvalue weighted by Crippen LogP contribution is 2.21. The fourth-order valence-electron chi connectivity index (χ4n) is 1.60. The van der Waals surface area contributed by atoms with Gasteiger partial charge < -0.3 is 18.9 Å². The highest BCUT2D eigenvalue weighted by molar-refractivity contribution is 5.01. The molecule has 0 radical (unpaired) electrons. The highest BCUT2D eigenvalue weighted by Gasteiger charge is 2.30. The number of H-pyrrole nitrogens is 1. The van der Waals surface area contributed by atoms with Crippen LogP contribution in [0.2, 0.25) is 0 Å². The number of aromatic amines is 1. The van der Waals surface area contributed by atoms with Crippen LogP contribution in [0, 0.1) is 6.92 Å². The van der Waals surface area contributed by atoms with E-state index in [1.165, 1.54) is 17.9 Å². The third kappa shape index (κ3) is 3.10. The summed E-state index contributed by atoms with van der Waals surface area (Å²) in [5.74, 6) is 0. The summed E-state index contributed by atoms with van der Waals surface area (Å²) < 4.78 is 22.1. The molecule has 0 amide bonds. The molecule has 0 spiro atoms. The largest absolute Gasteiger partial charge is 0.356 e. The van der Waals surface area contributed by atoms with Crippen LogP contribution in [-0.2, 0) is 18.9 Å². The summed E-state index contributed by atoms with van der Waals surface area (Å²) in [6, 6.07) is 0. The average molecular weight is 272 g/mol. The van der Waals surface area contributed by atoms with E-state index < -0.39 is 30.2 Å². The van der Waals surface area contributed by atoms with Gasteiger partial charge in [0.25, 0.3) is 12.0 Å². The molecule has 0 aliphatic carbocycles. The highest BCUT2D eigenvalue weighted by atomic mass is 16.9. The van der Waals surface area contributed by atoms with Crippen LogP contribution in [0.15, 0.2) is 15.8 Å². The third-order valence-corrected chi connectivity index (χ3v) is 2.73. The van der Waals surface area contributed by atoms with Crippen LogP contribution >= 0.6 is 0 Å². The van der Waals surface area contributed by atoms with Crippen molar-refractivity contribution in [3.63, 3.8) is 0 Å². The van der Waals surface area contributed by atoms with Crippen molar-refractivity contribution in [2.75, 3.05) is 13.7 Å². The summed E-state index contributed by atoms with van der Waals surface area (Å²) in [5.41, 5.74) is -0.552. The van der Waals surface area contributed by atoms with Gasteiger partial charge in [0.15, 0.2) is 12.5 Å². The lowest BCUT2D eigenvalue weighted by Crippen LogP contribution is -2.34. The van der Waals surface area contributed by atoms with E-state index in [0.29, 0.717) is 5.56 Å². The first kappa shape index (κ1) is 13.9. The topological polar surface area (TPSA) is 91.8 Å². The Balaban J connectivity index is 2.11. The lowest BCUT2D eigenvalue weighted by molar-refractivity contribution is -0.301. The second-order valence-electron chi connectivity index (χ2n) is 4.13. The summed E-state index contributed by atoms with van der Waals surface area (Å²) in [6.45, 7) is 2.54. The Morgan fingerprint density at radius 2 is 2.26 bits per heavy atom. The molecule has 8 heteroatoms. The van der Waals surface area contributed by atoms with Gasteiger partial charge in [0.1, 0.15) is 0 Å². The van der Waals surface area contributed by atoms with E-state index in [-0.39, 0.29) is 6.61 Å². The number of aryl methyl sites for hydroxylation is 1. The van der Waals surface area contributed by atoms with Gasteiger partial charge in [-0.15, -0.1) is 0 Å². The van der Waals surface area contributed by atoms with Crippen LogP contribution in [0.3, 0.4) is 0 Å². The third-order valence-electron chi connectivity index (χ3n) is 2.73. The predicted octanol–water partition coefficient (Wildman–Crippen LogP) is -0.317. The molecule has 106 valence electrons. The molecule has 3 atom stereocenters. The van der Waals surface area contributed by atoms with Crippen molar-refractivity contribution in [1.29, 1.82) is 0 Å². The van der Waals surface area contributed by atoms with Gasteiger partial charge in [-0.2, -0.15) is 0 Å². The molecule has 1 aromatic rings. The standard InChI is InChI=1S/C11H16N2O6/c1-6-4-13(10(15)12-9(6)14)8-5-17-11(19-8)18-7(2)16-3/h4,7-8,11H,5H2,1-3H3,(H,12,14,15). The number of rotatable bonds is 4. The quantitative estimate of drug-likeness (QED) is 0.755. The number of aromatic nitrogens is 2. The minimum Gasteiger partial charge on any atom is -0.356 e. The average Bonchev–Trinajstić information content (AvgIpc) is 2.82. The Hall–Kier alpha value is -1.48. The molecule has 1 aliphatic heterocycles. The van der Waals surface area contributed by atoms with E-state index in [4.69, 9.17) is 18.9 Å². The van der Waals surface area contributed by atoms with Crippen molar-refractivity contribution < 1.29 is 18.9 Å². The van der Waals surface area contributed by atoms with E-state index in [1.807, 2.05) is 0 Å². The summed E-state index contributed by atoms with van der Waals surface area (Å²) in [5, 5.41) is 0. The van der Waals surface area contributed by atoms with Crippen molar-refractivity contribution in [1.82, 2.24) is 9.55 Å². The molecular formula is C11H16N2O6. The van der Waals surface area contributed by atoms with Crippen molar-refractivity contribution in [3.05, 3.63) is 32.6 Å². The zero-order valence-corrected chi connectivity index (χ0v) is 10.9. The first-order valence-corrected chi connectivity index (χ1v) is 5.78. The second-order valence-corrected chi connectivity index (χ2v) is 4.13. The summed E-state index contributed by atoms with van der Waals surface area (Å²) in [6.07, 6.45) is 0.298. The molecule has 8 nitrogen and oxygen atoms in total. The van der Waals surface area contributed by atoms with Crippen LogP contribution in [-0.4, -0.2) is 36.0 Å². The fraction of sp³-hybridized carbons (Fsp3) is 0.636. The molecule has 1 fully saturated rings. The van der Waals surface area contributed by atoms with Gasteiger partial charge in [-0.3, -0.25) is 14.3 Å². The summed E-state index contributed by atoms with van der Waals surface area (Å²) in [4.78, 5) is 25.1. The first-order chi connectivity index (χ1) is 9.01. The van der Waals surface area contributed by atoms with Gasteiger partial charge in [0.05, 0.1) is 6.61 Å². The number of nitrogens with zero attached hydrogens (tertiary/aromatic N) is 1. The molecular weight excluding hydrogens is 256 g/mol. The SMILES string of the molecule is COC(C)OC1OCC(n2cc(C)c(=O)[nH]c2=O)O1. The van der Waals surface area contributed by atoms with Gasteiger partial charge in [0.2, 0.25) is 0 Å². The Morgan fingerprint density at radius 1 is 1.53 bits per heavy atom. The Morgan fingerprint density at radius 3 is 2.95 bits per heavy atom. The number of nitrogens with one attached hydrogen (secondary N) is 1. The van der Waals surface area contributed by atoms with E-state index in [2.05, 4.69) is 4.98 Å². The molecule has 0 saturated carbocycles. The maximum Gasteiger partial charge on any atom is 0.330 e. The Bertz CT molecular complexity index is 551. The molecule has 0 bridgehead atoms. The predicted molar refractivity (Wildman–Crippen MR) is 63.5 cm³/mol. The zero-order valence-electron chi connectivity index (χ0n) is 10.9. The molecule has 2 heterocycles. The number of hydrogen-bond acceptors (Lipinski definition) is 6. The van der Waals surface area contributed by atoms with Gasteiger partial charge in [-0.1, -0.05) is 0 Å². The number of ether oxygens (including phenoxy) is 4. The van der Waals surface area contributed by atoms with Gasteiger partial charge >= 0.3 is 5.69 Å². The van der Waals surface area contributed by atoms with E-state index >= 15 is 0 Å². The molecule has 1 N–H and O–H groups in total. The molecule has 3 unspecified atom stereocenters. The van der Waals surface area contributed by atoms with Crippen molar-refractivity contribution >= 4 is 0 Å².